The molecule has 0 bridgehead atoms. The normalized spacial score (nSPS) is 14.7. The lowest BCUT2D eigenvalue weighted by atomic mass is 9.89. The number of carbonyl (C=O) groups is 1. The summed E-state index contributed by atoms with van der Waals surface area (Å²) in [6.45, 7) is 8.76. The average Bonchev–Trinajstić information content (AvgIpc) is 3.03. The van der Waals surface area contributed by atoms with Crippen molar-refractivity contribution in [1.82, 2.24) is 19.6 Å². The SMILES string of the molecule is Cc1ccc(C(=O)N(CCCNCC2CCCCC2)C(c2nc3ccccn3c(=O)c2Cc2ccccc2)C(C)C)cc1. The lowest BCUT2D eigenvalue weighted by Crippen LogP contribution is -2.41. The molecule has 226 valence electrons. The van der Waals surface area contributed by atoms with E-state index in [0.717, 1.165) is 36.6 Å². The predicted octanol–water partition coefficient (Wildman–Crippen LogP) is 6.99. The van der Waals surface area contributed by atoms with Gasteiger partial charge in [0.2, 0.25) is 0 Å². The quantitative estimate of drug-likeness (QED) is 0.184. The molecular weight excluding hydrogens is 532 g/mol. The van der Waals surface area contributed by atoms with Crippen LogP contribution in [0.3, 0.4) is 0 Å². The molecule has 6 nitrogen and oxygen atoms in total. The molecule has 1 atom stereocenters. The third-order valence-electron chi connectivity index (χ3n) is 8.80. The summed E-state index contributed by atoms with van der Waals surface area (Å²) in [4.78, 5) is 35.4. The topological polar surface area (TPSA) is 66.7 Å². The molecule has 2 aromatic carbocycles. The van der Waals surface area contributed by atoms with E-state index < -0.39 is 0 Å². The second kappa shape index (κ2) is 14.6. The maximum absolute atomic E-state index is 14.3. The van der Waals surface area contributed by atoms with Gasteiger partial charge >= 0.3 is 0 Å². The molecule has 0 radical (unpaired) electrons. The fraction of sp³-hybridized carbons (Fsp3) is 0.432. The van der Waals surface area contributed by atoms with Crippen molar-refractivity contribution in [3.05, 3.63) is 117 Å². The summed E-state index contributed by atoms with van der Waals surface area (Å²) in [7, 11) is 0. The van der Waals surface area contributed by atoms with Crippen LogP contribution in [0.5, 0.6) is 0 Å². The summed E-state index contributed by atoms with van der Waals surface area (Å²) in [5.41, 5.74) is 4.69. The number of carbonyl (C=O) groups excluding carboxylic acids is 1. The van der Waals surface area contributed by atoms with Crippen molar-refractivity contribution in [3.8, 4) is 0 Å². The van der Waals surface area contributed by atoms with Crippen LogP contribution in [0.1, 0.15) is 91.2 Å². The van der Waals surface area contributed by atoms with E-state index >= 15 is 0 Å². The Morgan fingerprint density at radius 3 is 2.42 bits per heavy atom. The Bertz CT molecular complexity index is 1540. The van der Waals surface area contributed by atoms with Crippen LogP contribution in [-0.4, -0.2) is 39.8 Å². The molecular formula is C37H46N4O2. The Kier molecular flexibility index (Phi) is 10.4. The fourth-order valence-electron chi connectivity index (χ4n) is 6.48. The first-order valence-electron chi connectivity index (χ1n) is 16.0. The third kappa shape index (κ3) is 7.61. The van der Waals surface area contributed by atoms with E-state index in [2.05, 4.69) is 19.2 Å². The van der Waals surface area contributed by atoms with Gasteiger partial charge in [-0.05, 0) is 80.9 Å². The molecule has 1 amide bonds. The number of nitrogens with zero attached hydrogens (tertiary/aromatic N) is 3. The monoisotopic (exact) mass is 578 g/mol. The van der Waals surface area contributed by atoms with Crippen molar-refractivity contribution >= 4 is 11.6 Å². The Labute approximate surface area is 256 Å². The molecule has 1 aliphatic carbocycles. The Morgan fingerprint density at radius 1 is 0.977 bits per heavy atom. The van der Waals surface area contributed by atoms with Gasteiger partial charge in [0.15, 0.2) is 0 Å². The van der Waals surface area contributed by atoms with E-state index in [1.807, 2.05) is 84.6 Å². The molecule has 2 aromatic heterocycles. The summed E-state index contributed by atoms with van der Waals surface area (Å²) in [5, 5.41) is 3.67. The van der Waals surface area contributed by atoms with Crippen LogP contribution in [0.25, 0.3) is 5.65 Å². The number of rotatable bonds is 12. The zero-order valence-corrected chi connectivity index (χ0v) is 26.0. The summed E-state index contributed by atoms with van der Waals surface area (Å²) < 4.78 is 1.63. The molecule has 5 rings (SSSR count). The summed E-state index contributed by atoms with van der Waals surface area (Å²) >= 11 is 0. The molecule has 1 fully saturated rings. The largest absolute Gasteiger partial charge is 0.330 e. The molecule has 1 unspecified atom stereocenters. The van der Waals surface area contributed by atoms with E-state index in [1.54, 1.807) is 10.6 Å². The van der Waals surface area contributed by atoms with Crippen molar-refractivity contribution < 1.29 is 4.79 Å². The first kappa shape index (κ1) is 30.7. The van der Waals surface area contributed by atoms with E-state index in [9.17, 15) is 9.59 Å². The van der Waals surface area contributed by atoms with Gasteiger partial charge in [-0.3, -0.25) is 14.0 Å². The van der Waals surface area contributed by atoms with Gasteiger partial charge < -0.3 is 10.2 Å². The fourth-order valence-corrected chi connectivity index (χ4v) is 6.48. The summed E-state index contributed by atoms with van der Waals surface area (Å²) in [5.74, 6) is 0.779. The van der Waals surface area contributed by atoms with Crippen LogP contribution in [0, 0.1) is 18.8 Å². The van der Waals surface area contributed by atoms with E-state index in [-0.39, 0.29) is 23.4 Å². The predicted molar refractivity (Wildman–Crippen MR) is 175 cm³/mol. The van der Waals surface area contributed by atoms with Gasteiger partial charge in [0, 0.05) is 30.3 Å². The molecule has 0 spiro atoms. The highest BCUT2D eigenvalue weighted by Gasteiger charge is 2.33. The first-order chi connectivity index (χ1) is 20.9. The number of benzene rings is 2. The Hall–Kier alpha value is -3.77. The minimum atomic E-state index is -0.358. The van der Waals surface area contributed by atoms with Crippen molar-refractivity contribution in [1.29, 1.82) is 0 Å². The summed E-state index contributed by atoms with van der Waals surface area (Å²) in [6.07, 6.45) is 9.73. The average molecular weight is 579 g/mol. The lowest BCUT2D eigenvalue weighted by molar-refractivity contribution is 0.0612. The zero-order chi connectivity index (χ0) is 30.2. The first-order valence-corrected chi connectivity index (χ1v) is 16.0. The molecule has 43 heavy (non-hydrogen) atoms. The van der Waals surface area contributed by atoms with Crippen LogP contribution >= 0.6 is 0 Å². The maximum atomic E-state index is 14.3. The van der Waals surface area contributed by atoms with Gasteiger partial charge in [-0.2, -0.15) is 0 Å². The second-order valence-corrected chi connectivity index (χ2v) is 12.5. The molecule has 0 aliphatic heterocycles. The molecule has 2 heterocycles. The van der Waals surface area contributed by atoms with Crippen molar-refractivity contribution in [2.45, 2.75) is 71.8 Å². The zero-order valence-electron chi connectivity index (χ0n) is 26.0. The van der Waals surface area contributed by atoms with Gasteiger partial charge in [0.05, 0.1) is 11.7 Å². The number of pyridine rings is 1. The molecule has 1 aliphatic rings. The summed E-state index contributed by atoms with van der Waals surface area (Å²) in [6, 6.07) is 23.1. The van der Waals surface area contributed by atoms with Crippen LogP contribution in [0.4, 0.5) is 0 Å². The van der Waals surface area contributed by atoms with Crippen LogP contribution in [0.15, 0.2) is 83.8 Å². The minimum absolute atomic E-state index is 0.0216. The van der Waals surface area contributed by atoms with E-state index in [1.165, 1.54) is 32.1 Å². The smallest absolute Gasteiger partial charge is 0.261 e. The number of amides is 1. The second-order valence-electron chi connectivity index (χ2n) is 12.5. The van der Waals surface area contributed by atoms with Gasteiger partial charge in [-0.1, -0.05) is 87.2 Å². The minimum Gasteiger partial charge on any atom is -0.330 e. The number of fused-ring (bicyclic) bond motifs is 1. The standard InChI is InChI=1S/C37H46N4O2/c1-27(2)35(34-32(25-29-13-6-4-7-14-29)37(43)40-23-11-10-17-33(40)39-34)41(36(42)31-20-18-28(3)19-21-31)24-12-22-38-26-30-15-8-5-9-16-30/h4,6-7,10-11,13-14,17-21,23,27,30,35,38H,5,8-9,12,15-16,22,24-26H2,1-3H3. The van der Waals surface area contributed by atoms with Crippen LogP contribution in [-0.2, 0) is 6.42 Å². The highest BCUT2D eigenvalue weighted by atomic mass is 16.2. The van der Waals surface area contributed by atoms with E-state index in [0.29, 0.717) is 35.4 Å². The van der Waals surface area contributed by atoms with E-state index in [4.69, 9.17) is 4.98 Å². The van der Waals surface area contributed by atoms with Gasteiger partial charge in [0.25, 0.3) is 11.5 Å². The Balaban J connectivity index is 1.51. The van der Waals surface area contributed by atoms with Gasteiger partial charge in [-0.25, -0.2) is 4.98 Å². The highest BCUT2D eigenvalue weighted by molar-refractivity contribution is 5.94. The molecule has 1 N–H and O–H groups in total. The van der Waals surface area contributed by atoms with Gasteiger partial charge in [0.1, 0.15) is 5.65 Å². The molecule has 4 aromatic rings. The highest BCUT2D eigenvalue weighted by Crippen LogP contribution is 2.32. The number of aromatic nitrogens is 2. The van der Waals surface area contributed by atoms with Crippen molar-refractivity contribution in [2.75, 3.05) is 19.6 Å². The molecule has 1 saturated carbocycles. The van der Waals surface area contributed by atoms with Crippen LogP contribution < -0.4 is 10.9 Å². The lowest BCUT2D eigenvalue weighted by Gasteiger charge is -2.35. The Morgan fingerprint density at radius 2 is 1.70 bits per heavy atom. The number of hydrogen-bond acceptors (Lipinski definition) is 4. The van der Waals surface area contributed by atoms with Crippen molar-refractivity contribution in [2.24, 2.45) is 11.8 Å². The van der Waals surface area contributed by atoms with Crippen LogP contribution in [0.2, 0.25) is 0 Å². The molecule has 0 saturated heterocycles. The number of hydrogen-bond donors (Lipinski definition) is 1. The molecule has 6 heteroatoms. The maximum Gasteiger partial charge on any atom is 0.261 e. The number of aryl methyl sites for hydroxylation is 1. The van der Waals surface area contributed by atoms with Crippen molar-refractivity contribution in [3.63, 3.8) is 0 Å². The third-order valence-corrected chi connectivity index (χ3v) is 8.80. The number of nitrogens with one attached hydrogen (secondary N) is 1. The van der Waals surface area contributed by atoms with Gasteiger partial charge in [-0.15, -0.1) is 0 Å².